The fraction of sp³-hybridized carbons (Fsp3) is 0.121. The number of rotatable bonds is 7. The van der Waals surface area contributed by atoms with Crippen molar-refractivity contribution in [3.05, 3.63) is 101 Å². The Labute approximate surface area is 247 Å². The summed E-state index contributed by atoms with van der Waals surface area (Å²) in [5.74, 6) is -0.255. The second-order valence-corrected chi connectivity index (χ2v) is 12.5. The number of para-hydroxylation sites is 1. The monoisotopic (exact) mass is 600 g/mol. The number of nitrogens with one attached hydrogen (secondary N) is 1. The van der Waals surface area contributed by atoms with Crippen LogP contribution in [0.15, 0.2) is 89.3 Å². The van der Waals surface area contributed by atoms with E-state index in [0.717, 1.165) is 28.4 Å². The zero-order chi connectivity index (χ0) is 29.8. The number of carbonyl (C=O) groups excluding carboxylic acids is 1. The molecule has 0 unspecified atom stereocenters. The lowest BCUT2D eigenvalue weighted by Crippen LogP contribution is -2.25. The SMILES string of the molecule is CCC(=O)c1c(-c2ccc(F)cc2)oc2cc(N(C)S(C)(=O)=O)c(-c3cccc(-c4[nH]c5ccccc5c4Cl)c3)cc12. The van der Waals surface area contributed by atoms with E-state index in [1.54, 1.807) is 31.2 Å². The summed E-state index contributed by atoms with van der Waals surface area (Å²) in [5.41, 5.74) is 5.37. The van der Waals surface area contributed by atoms with Crippen LogP contribution in [-0.4, -0.2) is 32.5 Å². The number of carbonyl (C=O) groups is 1. The number of nitrogens with zero attached hydrogens (tertiary/aromatic N) is 1. The van der Waals surface area contributed by atoms with Gasteiger partial charge in [-0.05, 0) is 48.0 Å². The lowest BCUT2D eigenvalue weighted by Gasteiger charge is -2.21. The van der Waals surface area contributed by atoms with E-state index < -0.39 is 15.8 Å². The van der Waals surface area contributed by atoms with E-state index in [4.69, 9.17) is 16.0 Å². The molecule has 4 aromatic carbocycles. The molecule has 6 rings (SSSR count). The molecule has 0 aliphatic heterocycles. The molecule has 212 valence electrons. The van der Waals surface area contributed by atoms with Crippen molar-refractivity contribution in [2.75, 3.05) is 17.6 Å². The largest absolute Gasteiger partial charge is 0.455 e. The van der Waals surface area contributed by atoms with E-state index in [2.05, 4.69) is 4.98 Å². The van der Waals surface area contributed by atoms with Gasteiger partial charge in [-0.1, -0.05) is 54.9 Å². The number of hydrogen-bond donors (Lipinski definition) is 1. The van der Waals surface area contributed by atoms with Crippen molar-refractivity contribution in [3.63, 3.8) is 0 Å². The summed E-state index contributed by atoms with van der Waals surface area (Å²) in [6.45, 7) is 1.76. The summed E-state index contributed by atoms with van der Waals surface area (Å²) in [7, 11) is -2.19. The van der Waals surface area contributed by atoms with Crippen molar-refractivity contribution in [3.8, 4) is 33.7 Å². The van der Waals surface area contributed by atoms with Gasteiger partial charge < -0.3 is 9.40 Å². The van der Waals surface area contributed by atoms with E-state index in [1.165, 1.54) is 23.5 Å². The van der Waals surface area contributed by atoms with Crippen LogP contribution in [0.5, 0.6) is 0 Å². The highest BCUT2D eigenvalue weighted by atomic mass is 35.5. The Kier molecular flexibility index (Phi) is 6.91. The van der Waals surface area contributed by atoms with Crippen LogP contribution >= 0.6 is 11.6 Å². The number of halogens is 2. The van der Waals surface area contributed by atoms with Gasteiger partial charge in [-0.25, -0.2) is 12.8 Å². The molecule has 42 heavy (non-hydrogen) atoms. The fourth-order valence-electron chi connectivity index (χ4n) is 5.21. The quantitative estimate of drug-likeness (QED) is 0.186. The predicted octanol–water partition coefficient (Wildman–Crippen LogP) is 8.70. The number of sulfonamides is 1. The van der Waals surface area contributed by atoms with Gasteiger partial charge in [0.2, 0.25) is 10.0 Å². The first-order valence-corrected chi connectivity index (χ1v) is 15.5. The molecule has 0 atom stereocenters. The standard InChI is InChI=1S/C33H26ClFN2O4S/c1-4-28(38)30-25-17-24(20-8-7-9-21(16-20)32-31(34)23-10-5-6-11-26(23)36-32)27(37(2)42(3,39)40)18-29(25)41-33(30)19-12-14-22(35)15-13-19/h5-18,36H,4H2,1-3H3. The summed E-state index contributed by atoms with van der Waals surface area (Å²) in [4.78, 5) is 16.7. The van der Waals surface area contributed by atoms with Crippen LogP contribution in [0.4, 0.5) is 10.1 Å². The van der Waals surface area contributed by atoms with Crippen LogP contribution in [0.2, 0.25) is 5.02 Å². The van der Waals surface area contributed by atoms with E-state index in [1.807, 2.05) is 48.5 Å². The van der Waals surface area contributed by atoms with Crippen molar-refractivity contribution >= 4 is 55.0 Å². The van der Waals surface area contributed by atoms with Crippen LogP contribution in [0.25, 0.3) is 55.6 Å². The van der Waals surface area contributed by atoms with Crippen LogP contribution in [-0.2, 0) is 10.0 Å². The molecule has 0 fully saturated rings. The average Bonchev–Trinajstić information content (AvgIpc) is 3.53. The third kappa shape index (κ3) is 4.76. The van der Waals surface area contributed by atoms with Gasteiger partial charge in [0.25, 0.3) is 0 Å². The Hall–Kier alpha value is -4.40. The summed E-state index contributed by atoms with van der Waals surface area (Å²) in [6.07, 6.45) is 1.34. The topological polar surface area (TPSA) is 83.4 Å². The predicted molar refractivity (Wildman–Crippen MR) is 167 cm³/mol. The molecule has 0 aliphatic carbocycles. The maximum Gasteiger partial charge on any atom is 0.232 e. The lowest BCUT2D eigenvalue weighted by molar-refractivity contribution is 0.0989. The van der Waals surface area contributed by atoms with E-state index in [9.17, 15) is 17.6 Å². The molecule has 0 saturated heterocycles. The van der Waals surface area contributed by atoms with Crippen molar-refractivity contribution < 1.29 is 22.0 Å². The maximum atomic E-state index is 13.7. The molecule has 0 aliphatic rings. The van der Waals surface area contributed by atoms with Crippen LogP contribution in [0.3, 0.4) is 0 Å². The lowest BCUT2D eigenvalue weighted by atomic mass is 9.95. The van der Waals surface area contributed by atoms with Gasteiger partial charge >= 0.3 is 0 Å². The van der Waals surface area contributed by atoms with Crippen LogP contribution in [0, 0.1) is 5.82 Å². The molecular formula is C33H26ClFN2O4S. The molecule has 0 spiro atoms. The van der Waals surface area contributed by atoms with Gasteiger partial charge in [-0.2, -0.15) is 0 Å². The Morgan fingerprint density at radius 2 is 1.64 bits per heavy atom. The van der Waals surface area contributed by atoms with Crippen molar-refractivity contribution in [1.29, 1.82) is 0 Å². The van der Waals surface area contributed by atoms with Gasteiger partial charge in [0, 0.05) is 52.5 Å². The smallest absolute Gasteiger partial charge is 0.232 e. The summed E-state index contributed by atoms with van der Waals surface area (Å²) >= 11 is 6.76. The summed E-state index contributed by atoms with van der Waals surface area (Å²) in [6, 6.07) is 24.5. The number of anilines is 1. The average molecular weight is 601 g/mol. The number of benzene rings is 4. The second-order valence-electron chi connectivity index (χ2n) is 10.1. The maximum absolute atomic E-state index is 13.7. The molecule has 0 bridgehead atoms. The Morgan fingerprint density at radius 3 is 2.33 bits per heavy atom. The van der Waals surface area contributed by atoms with E-state index in [0.29, 0.717) is 49.7 Å². The van der Waals surface area contributed by atoms with Gasteiger partial charge in [-0.3, -0.25) is 9.10 Å². The highest BCUT2D eigenvalue weighted by Crippen LogP contribution is 2.43. The number of H-pyrrole nitrogens is 1. The third-order valence-corrected chi connectivity index (χ3v) is 9.04. The normalized spacial score (nSPS) is 11.8. The highest BCUT2D eigenvalue weighted by Gasteiger charge is 2.26. The minimum absolute atomic E-state index is 0.151. The first kappa shape index (κ1) is 27.8. The first-order valence-electron chi connectivity index (χ1n) is 13.3. The Balaban J connectivity index is 1.62. The highest BCUT2D eigenvalue weighted by molar-refractivity contribution is 7.92. The molecule has 0 amide bonds. The minimum atomic E-state index is -3.67. The van der Waals surface area contributed by atoms with E-state index in [-0.39, 0.29) is 12.2 Å². The summed E-state index contributed by atoms with van der Waals surface area (Å²) in [5, 5.41) is 2.02. The minimum Gasteiger partial charge on any atom is -0.455 e. The number of ketones is 1. The Morgan fingerprint density at radius 1 is 0.929 bits per heavy atom. The number of aromatic nitrogens is 1. The fourth-order valence-corrected chi connectivity index (χ4v) is 6.04. The molecule has 0 radical (unpaired) electrons. The molecule has 2 heterocycles. The van der Waals surface area contributed by atoms with Crippen LogP contribution < -0.4 is 4.31 Å². The molecule has 6 nitrogen and oxygen atoms in total. The molecule has 1 N–H and O–H groups in total. The second kappa shape index (κ2) is 10.5. The summed E-state index contributed by atoms with van der Waals surface area (Å²) < 4.78 is 46.6. The molecule has 0 saturated carbocycles. The number of hydrogen-bond acceptors (Lipinski definition) is 4. The van der Waals surface area contributed by atoms with Gasteiger partial charge in [0.15, 0.2) is 5.78 Å². The van der Waals surface area contributed by atoms with Crippen molar-refractivity contribution in [1.82, 2.24) is 4.98 Å². The molecule has 6 aromatic rings. The number of aromatic amines is 1. The zero-order valence-electron chi connectivity index (χ0n) is 23.0. The van der Waals surface area contributed by atoms with Gasteiger partial charge in [0.1, 0.15) is 17.2 Å². The van der Waals surface area contributed by atoms with Gasteiger partial charge in [0.05, 0.1) is 28.2 Å². The zero-order valence-corrected chi connectivity index (χ0v) is 24.6. The van der Waals surface area contributed by atoms with Crippen LogP contribution in [0.1, 0.15) is 23.7 Å². The van der Waals surface area contributed by atoms with Gasteiger partial charge in [-0.15, -0.1) is 0 Å². The molecule has 9 heteroatoms. The number of fused-ring (bicyclic) bond motifs is 2. The van der Waals surface area contributed by atoms with Crippen molar-refractivity contribution in [2.24, 2.45) is 0 Å². The third-order valence-electron chi connectivity index (χ3n) is 7.45. The Bertz CT molecular complexity index is 2110. The number of Topliss-reactive ketones (excluding diaryl/α,β-unsaturated/α-hetero) is 1. The number of furan rings is 1. The molecule has 2 aromatic heterocycles. The first-order chi connectivity index (χ1) is 20.1. The van der Waals surface area contributed by atoms with E-state index >= 15 is 0 Å². The van der Waals surface area contributed by atoms with Crippen molar-refractivity contribution in [2.45, 2.75) is 13.3 Å². The molecular weight excluding hydrogens is 575 g/mol.